The Morgan fingerprint density at radius 1 is 1.29 bits per heavy atom. The number of nitrogen functional groups attached to an aromatic ring is 1. The average Bonchev–Trinajstić information content (AvgIpc) is 2.51. The van der Waals surface area contributed by atoms with Crippen molar-refractivity contribution in [1.29, 1.82) is 0 Å². The van der Waals surface area contributed by atoms with Gasteiger partial charge in [-0.1, -0.05) is 29.3 Å². The molecule has 0 spiro atoms. The van der Waals surface area contributed by atoms with Gasteiger partial charge in [-0.25, -0.2) is 0 Å². The summed E-state index contributed by atoms with van der Waals surface area (Å²) in [7, 11) is 0. The largest absolute Gasteiger partial charge is 0.396 e. The highest BCUT2D eigenvalue weighted by Gasteiger charge is 2.21. The van der Waals surface area contributed by atoms with E-state index in [9.17, 15) is 0 Å². The summed E-state index contributed by atoms with van der Waals surface area (Å²) in [6, 6.07) is 6.66. The molecule has 1 fully saturated rings. The minimum atomic E-state index is 0.527. The monoisotopic (exact) mass is 347 g/mol. The first-order chi connectivity index (χ1) is 10.2. The second kappa shape index (κ2) is 6.22. The quantitative estimate of drug-likeness (QED) is 0.824. The maximum Gasteiger partial charge on any atom is 0.0743 e. The molecule has 4 heteroatoms. The van der Waals surface area contributed by atoms with Crippen LogP contribution in [-0.4, -0.2) is 11.0 Å². The molecule has 0 aliphatic heterocycles. The fraction of sp³-hybridized carbons (Fsp3) is 0.471. The molecule has 1 heterocycles. The SMILES string of the molecule is CCC1CCC(Nc2c(N)cnc3ccc(Br)cc23)CC1. The lowest BCUT2D eigenvalue weighted by molar-refractivity contribution is 0.330. The number of hydrogen-bond acceptors (Lipinski definition) is 3. The van der Waals surface area contributed by atoms with Gasteiger partial charge in [-0.05, 0) is 49.8 Å². The Balaban J connectivity index is 1.86. The summed E-state index contributed by atoms with van der Waals surface area (Å²) in [6.45, 7) is 2.30. The summed E-state index contributed by atoms with van der Waals surface area (Å²) in [6.07, 6.45) is 8.17. The molecule has 21 heavy (non-hydrogen) atoms. The minimum Gasteiger partial charge on any atom is -0.396 e. The fourth-order valence-electron chi connectivity index (χ4n) is 3.26. The van der Waals surface area contributed by atoms with Gasteiger partial charge in [0.05, 0.1) is 23.1 Å². The van der Waals surface area contributed by atoms with Gasteiger partial charge in [0.25, 0.3) is 0 Å². The van der Waals surface area contributed by atoms with Crippen LogP contribution in [0.5, 0.6) is 0 Å². The van der Waals surface area contributed by atoms with Crippen LogP contribution in [0.2, 0.25) is 0 Å². The van der Waals surface area contributed by atoms with E-state index in [4.69, 9.17) is 5.73 Å². The molecule has 3 nitrogen and oxygen atoms in total. The number of nitrogens with one attached hydrogen (secondary N) is 1. The van der Waals surface area contributed by atoms with Crippen LogP contribution in [-0.2, 0) is 0 Å². The Hall–Kier alpha value is -1.29. The van der Waals surface area contributed by atoms with Crippen LogP contribution in [0, 0.1) is 5.92 Å². The summed E-state index contributed by atoms with van der Waals surface area (Å²) in [5, 5.41) is 4.78. The number of halogens is 1. The number of fused-ring (bicyclic) bond motifs is 1. The van der Waals surface area contributed by atoms with Gasteiger partial charge >= 0.3 is 0 Å². The molecule has 3 rings (SSSR count). The number of nitrogens with zero attached hydrogens (tertiary/aromatic N) is 1. The smallest absolute Gasteiger partial charge is 0.0743 e. The van der Waals surface area contributed by atoms with E-state index in [1.165, 1.54) is 32.1 Å². The van der Waals surface area contributed by atoms with Crippen molar-refractivity contribution >= 4 is 38.2 Å². The van der Waals surface area contributed by atoms with Crippen molar-refractivity contribution in [3.8, 4) is 0 Å². The van der Waals surface area contributed by atoms with Crippen LogP contribution in [0.1, 0.15) is 39.0 Å². The van der Waals surface area contributed by atoms with Crippen molar-refractivity contribution in [2.45, 2.75) is 45.1 Å². The molecular weight excluding hydrogens is 326 g/mol. The summed E-state index contributed by atoms with van der Waals surface area (Å²) in [5.74, 6) is 0.906. The van der Waals surface area contributed by atoms with Gasteiger partial charge in [-0.15, -0.1) is 0 Å². The molecule has 3 N–H and O–H groups in total. The number of anilines is 2. The third-order valence-corrected chi connectivity index (χ3v) is 5.13. The molecule has 0 amide bonds. The molecule has 2 aromatic rings. The Morgan fingerprint density at radius 2 is 2.05 bits per heavy atom. The van der Waals surface area contributed by atoms with E-state index >= 15 is 0 Å². The molecule has 0 unspecified atom stereocenters. The van der Waals surface area contributed by atoms with Crippen molar-refractivity contribution in [2.75, 3.05) is 11.1 Å². The molecule has 0 saturated heterocycles. The standard InChI is InChI=1S/C17H22BrN3/c1-2-11-3-6-13(7-4-11)21-17-14-9-12(18)5-8-16(14)20-10-15(17)19/h5,8-11,13H,2-4,6-7,19H2,1H3,(H,20,21). The van der Waals surface area contributed by atoms with Gasteiger partial charge in [0.15, 0.2) is 0 Å². The zero-order valence-electron chi connectivity index (χ0n) is 12.4. The van der Waals surface area contributed by atoms with Crippen LogP contribution in [0.3, 0.4) is 0 Å². The molecule has 0 radical (unpaired) electrons. The van der Waals surface area contributed by atoms with Crippen LogP contribution >= 0.6 is 15.9 Å². The lowest BCUT2D eigenvalue weighted by atomic mass is 9.84. The van der Waals surface area contributed by atoms with Crippen molar-refractivity contribution in [2.24, 2.45) is 5.92 Å². The van der Waals surface area contributed by atoms with Crippen molar-refractivity contribution in [3.63, 3.8) is 0 Å². The zero-order valence-corrected chi connectivity index (χ0v) is 14.0. The maximum atomic E-state index is 6.17. The van der Waals surface area contributed by atoms with E-state index in [0.29, 0.717) is 6.04 Å². The highest BCUT2D eigenvalue weighted by molar-refractivity contribution is 9.10. The first kappa shape index (κ1) is 14.6. The van der Waals surface area contributed by atoms with E-state index in [-0.39, 0.29) is 0 Å². The third kappa shape index (κ3) is 3.15. The van der Waals surface area contributed by atoms with Gasteiger partial charge in [0.2, 0.25) is 0 Å². The Labute approximate surface area is 134 Å². The topological polar surface area (TPSA) is 50.9 Å². The number of hydrogen-bond donors (Lipinski definition) is 2. The van der Waals surface area contributed by atoms with E-state index in [2.05, 4.69) is 39.2 Å². The van der Waals surface area contributed by atoms with E-state index < -0.39 is 0 Å². The summed E-state index contributed by atoms with van der Waals surface area (Å²) in [5.41, 5.74) is 8.93. The van der Waals surface area contributed by atoms with Gasteiger partial charge in [-0.3, -0.25) is 4.98 Å². The zero-order chi connectivity index (χ0) is 14.8. The minimum absolute atomic E-state index is 0.527. The summed E-state index contributed by atoms with van der Waals surface area (Å²) in [4.78, 5) is 4.42. The van der Waals surface area contributed by atoms with Gasteiger partial charge < -0.3 is 11.1 Å². The third-order valence-electron chi connectivity index (χ3n) is 4.63. The number of aromatic nitrogens is 1. The van der Waals surface area contributed by atoms with Gasteiger partial charge in [0, 0.05) is 15.9 Å². The molecule has 1 saturated carbocycles. The molecule has 1 aliphatic carbocycles. The van der Waals surface area contributed by atoms with Crippen molar-refractivity contribution in [1.82, 2.24) is 4.98 Å². The van der Waals surface area contributed by atoms with Gasteiger partial charge in [0.1, 0.15) is 0 Å². The lowest BCUT2D eigenvalue weighted by Crippen LogP contribution is -2.26. The maximum absolute atomic E-state index is 6.17. The van der Waals surface area contributed by atoms with Gasteiger partial charge in [-0.2, -0.15) is 0 Å². The molecule has 1 aromatic carbocycles. The van der Waals surface area contributed by atoms with Crippen molar-refractivity contribution in [3.05, 3.63) is 28.9 Å². The Bertz CT molecular complexity index is 628. The predicted octanol–water partition coefficient (Wildman–Crippen LogP) is 4.96. The molecule has 1 aromatic heterocycles. The first-order valence-corrected chi connectivity index (χ1v) is 8.57. The molecule has 0 atom stereocenters. The first-order valence-electron chi connectivity index (χ1n) is 7.77. The number of pyridine rings is 1. The average molecular weight is 348 g/mol. The van der Waals surface area contributed by atoms with Crippen LogP contribution < -0.4 is 11.1 Å². The summed E-state index contributed by atoms with van der Waals surface area (Å²) < 4.78 is 1.06. The molecule has 1 aliphatic rings. The molecule has 0 bridgehead atoms. The van der Waals surface area contributed by atoms with E-state index in [0.717, 1.165) is 32.7 Å². The summed E-state index contributed by atoms with van der Waals surface area (Å²) >= 11 is 3.54. The molecule has 112 valence electrons. The number of nitrogens with two attached hydrogens (primary N) is 1. The number of rotatable bonds is 3. The lowest BCUT2D eigenvalue weighted by Gasteiger charge is -2.30. The fourth-order valence-corrected chi connectivity index (χ4v) is 3.62. The van der Waals surface area contributed by atoms with E-state index in [1.807, 2.05) is 12.1 Å². The predicted molar refractivity (Wildman–Crippen MR) is 93.5 cm³/mol. The highest BCUT2D eigenvalue weighted by atomic mass is 79.9. The van der Waals surface area contributed by atoms with Crippen molar-refractivity contribution < 1.29 is 0 Å². The van der Waals surface area contributed by atoms with Crippen LogP contribution in [0.25, 0.3) is 10.9 Å². The normalized spacial score (nSPS) is 22.4. The van der Waals surface area contributed by atoms with Crippen LogP contribution in [0.4, 0.5) is 11.4 Å². The molecular formula is C17H22BrN3. The Kier molecular flexibility index (Phi) is 4.34. The Morgan fingerprint density at radius 3 is 2.76 bits per heavy atom. The second-order valence-electron chi connectivity index (χ2n) is 6.02. The second-order valence-corrected chi connectivity index (χ2v) is 6.94. The van der Waals surface area contributed by atoms with Crippen LogP contribution in [0.15, 0.2) is 28.9 Å². The highest BCUT2D eigenvalue weighted by Crippen LogP contribution is 2.34. The number of benzene rings is 1. The van der Waals surface area contributed by atoms with E-state index in [1.54, 1.807) is 6.20 Å².